The van der Waals surface area contributed by atoms with Gasteiger partial charge >= 0.3 is 0 Å². The molecule has 0 bridgehead atoms. The van der Waals surface area contributed by atoms with Crippen LogP contribution in [0, 0.1) is 5.41 Å². The van der Waals surface area contributed by atoms with Crippen molar-refractivity contribution in [1.82, 2.24) is 4.98 Å². The molecule has 1 heterocycles. The SMILES string of the molecule is N=C(N)c1ccccc1Sc1ncco1. The highest BCUT2D eigenvalue weighted by Gasteiger charge is 2.08. The van der Waals surface area contributed by atoms with Gasteiger partial charge in [-0.05, 0) is 17.8 Å². The molecule has 0 saturated heterocycles. The van der Waals surface area contributed by atoms with Crippen molar-refractivity contribution in [3.8, 4) is 0 Å². The lowest BCUT2D eigenvalue weighted by Crippen LogP contribution is -2.11. The van der Waals surface area contributed by atoms with E-state index in [0.717, 1.165) is 4.90 Å². The highest BCUT2D eigenvalue weighted by molar-refractivity contribution is 7.99. The van der Waals surface area contributed by atoms with Gasteiger partial charge in [-0.1, -0.05) is 18.2 Å². The molecule has 0 aliphatic carbocycles. The van der Waals surface area contributed by atoms with E-state index in [4.69, 9.17) is 15.6 Å². The normalized spacial score (nSPS) is 10.1. The summed E-state index contributed by atoms with van der Waals surface area (Å²) in [6.45, 7) is 0. The summed E-state index contributed by atoms with van der Waals surface area (Å²) < 4.78 is 5.11. The van der Waals surface area contributed by atoms with Gasteiger partial charge in [-0.25, -0.2) is 4.98 Å². The molecule has 0 spiro atoms. The molecule has 0 saturated carbocycles. The maximum absolute atomic E-state index is 7.42. The lowest BCUT2D eigenvalue weighted by molar-refractivity contribution is 0.454. The first-order chi connectivity index (χ1) is 7.27. The van der Waals surface area contributed by atoms with Crippen LogP contribution in [-0.2, 0) is 0 Å². The number of oxazole rings is 1. The molecule has 0 unspecified atom stereocenters. The molecule has 15 heavy (non-hydrogen) atoms. The molecule has 76 valence electrons. The van der Waals surface area contributed by atoms with Crippen molar-refractivity contribution >= 4 is 17.6 Å². The summed E-state index contributed by atoms with van der Waals surface area (Å²) >= 11 is 1.35. The number of rotatable bonds is 3. The standard InChI is InChI=1S/C10H9N3OS/c11-9(12)7-3-1-2-4-8(7)15-10-13-5-6-14-10/h1-6H,(H3,11,12). The van der Waals surface area contributed by atoms with Crippen LogP contribution in [0.1, 0.15) is 5.56 Å². The number of benzene rings is 1. The van der Waals surface area contributed by atoms with Gasteiger partial charge in [-0.15, -0.1) is 0 Å². The molecular weight excluding hydrogens is 210 g/mol. The van der Waals surface area contributed by atoms with E-state index >= 15 is 0 Å². The Morgan fingerprint density at radius 2 is 2.20 bits per heavy atom. The summed E-state index contributed by atoms with van der Waals surface area (Å²) in [6.07, 6.45) is 3.09. The van der Waals surface area contributed by atoms with Gasteiger partial charge in [0.2, 0.25) is 0 Å². The minimum Gasteiger partial charge on any atom is -0.440 e. The van der Waals surface area contributed by atoms with E-state index in [9.17, 15) is 0 Å². The third-order valence-corrected chi connectivity index (χ3v) is 2.74. The zero-order valence-electron chi connectivity index (χ0n) is 7.81. The van der Waals surface area contributed by atoms with Crippen LogP contribution in [0.5, 0.6) is 0 Å². The predicted molar refractivity (Wildman–Crippen MR) is 58.1 cm³/mol. The largest absolute Gasteiger partial charge is 0.440 e. The van der Waals surface area contributed by atoms with Gasteiger partial charge in [0, 0.05) is 10.5 Å². The molecular formula is C10H9N3OS. The number of nitrogens with one attached hydrogen (secondary N) is 1. The molecule has 2 aromatic rings. The van der Waals surface area contributed by atoms with Gasteiger partial charge in [0.1, 0.15) is 12.1 Å². The number of nitrogens with zero attached hydrogens (tertiary/aromatic N) is 1. The Labute approximate surface area is 91.0 Å². The molecule has 5 heteroatoms. The zero-order chi connectivity index (χ0) is 10.7. The summed E-state index contributed by atoms with van der Waals surface area (Å²) in [4.78, 5) is 4.86. The highest BCUT2D eigenvalue weighted by Crippen LogP contribution is 2.28. The Balaban J connectivity index is 2.32. The van der Waals surface area contributed by atoms with Gasteiger partial charge < -0.3 is 10.2 Å². The number of nitrogen functional groups attached to an aromatic ring is 1. The van der Waals surface area contributed by atoms with Crippen LogP contribution in [0.25, 0.3) is 0 Å². The lowest BCUT2D eigenvalue weighted by atomic mass is 10.2. The molecule has 4 nitrogen and oxygen atoms in total. The molecule has 1 aromatic heterocycles. The fourth-order valence-corrected chi connectivity index (χ4v) is 1.97. The minimum absolute atomic E-state index is 0.0460. The Morgan fingerprint density at radius 3 is 2.87 bits per heavy atom. The van der Waals surface area contributed by atoms with E-state index < -0.39 is 0 Å². The van der Waals surface area contributed by atoms with E-state index in [0.29, 0.717) is 10.8 Å². The fraction of sp³-hybridized carbons (Fsp3) is 0. The average molecular weight is 219 g/mol. The van der Waals surface area contributed by atoms with Gasteiger partial charge in [-0.3, -0.25) is 5.41 Å². The van der Waals surface area contributed by atoms with Gasteiger partial charge in [0.05, 0.1) is 6.20 Å². The Hall–Kier alpha value is -1.75. The maximum Gasteiger partial charge on any atom is 0.260 e. The van der Waals surface area contributed by atoms with E-state index in [-0.39, 0.29) is 5.84 Å². The summed E-state index contributed by atoms with van der Waals surface area (Å²) in [7, 11) is 0. The summed E-state index contributed by atoms with van der Waals surface area (Å²) in [6, 6.07) is 7.41. The lowest BCUT2D eigenvalue weighted by Gasteiger charge is -2.04. The topological polar surface area (TPSA) is 75.9 Å². The Morgan fingerprint density at radius 1 is 1.40 bits per heavy atom. The molecule has 2 rings (SSSR count). The maximum atomic E-state index is 7.42. The first-order valence-corrected chi connectivity index (χ1v) is 5.10. The monoisotopic (exact) mass is 219 g/mol. The Kier molecular flexibility index (Phi) is 2.73. The molecule has 0 atom stereocenters. The average Bonchev–Trinajstić information content (AvgIpc) is 2.71. The summed E-state index contributed by atoms with van der Waals surface area (Å²) in [5, 5.41) is 7.96. The third-order valence-electron chi connectivity index (χ3n) is 1.78. The number of hydrogen-bond donors (Lipinski definition) is 2. The second kappa shape index (κ2) is 4.18. The first-order valence-electron chi connectivity index (χ1n) is 4.28. The summed E-state index contributed by atoms with van der Waals surface area (Å²) in [5.74, 6) is 0.0460. The van der Waals surface area contributed by atoms with Crippen LogP contribution >= 0.6 is 11.8 Å². The number of nitrogens with two attached hydrogens (primary N) is 1. The second-order valence-electron chi connectivity index (χ2n) is 2.81. The van der Waals surface area contributed by atoms with Crippen LogP contribution in [0.2, 0.25) is 0 Å². The van der Waals surface area contributed by atoms with Gasteiger partial charge in [0.15, 0.2) is 0 Å². The number of aromatic nitrogens is 1. The second-order valence-corrected chi connectivity index (χ2v) is 3.80. The molecule has 3 N–H and O–H groups in total. The van der Waals surface area contributed by atoms with Crippen molar-refractivity contribution in [2.24, 2.45) is 5.73 Å². The van der Waals surface area contributed by atoms with E-state index in [1.54, 1.807) is 12.3 Å². The van der Waals surface area contributed by atoms with Gasteiger partial charge in [0.25, 0.3) is 5.22 Å². The van der Waals surface area contributed by atoms with E-state index in [1.807, 2.05) is 18.2 Å². The highest BCUT2D eigenvalue weighted by atomic mass is 32.2. The molecule has 0 aliphatic rings. The predicted octanol–water partition coefficient (Wildman–Crippen LogP) is 2.11. The van der Waals surface area contributed by atoms with Crippen molar-refractivity contribution < 1.29 is 4.42 Å². The fourth-order valence-electron chi connectivity index (χ4n) is 1.13. The van der Waals surface area contributed by atoms with Crippen LogP contribution in [0.15, 0.2) is 51.3 Å². The van der Waals surface area contributed by atoms with Gasteiger partial charge in [-0.2, -0.15) is 0 Å². The minimum atomic E-state index is 0.0460. The Bertz CT molecular complexity index is 467. The summed E-state index contributed by atoms with van der Waals surface area (Å²) in [5.41, 5.74) is 6.16. The number of hydrogen-bond acceptors (Lipinski definition) is 4. The first kappa shape index (κ1) is 9.79. The molecule has 0 radical (unpaired) electrons. The van der Waals surface area contributed by atoms with Crippen LogP contribution < -0.4 is 5.73 Å². The van der Waals surface area contributed by atoms with Crippen LogP contribution in [0.4, 0.5) is 0 Å². The van der Waals surface area contributed by atoms with E-state index in [2.05, 4.69) is 4.98 Å². The zero-order valence-corrected chi connectivity index (χ0v) is 8.62. The molecule has 0 aliphatic heterocycles. The van der Waals surface area contributed by atoms with Crippen molar-refractivity contribution in [3.05, 3.63) is 42.3 Å². The van der Waals surface area contributed by atoms with E-state index in [1.165, 1.54) is 18.0 Å². The molecule has 0 amide bonds. The van der Waals surface area contributed by atoms with Crippen molar-refractivity contribution in [3.63, 3.8) is 0 Å². The third kappa shape index (κ3) is 2.19. The van der Waals surface area contributed by atoms with Crippen molar-refractivity contribution in [2.75, 3.05) is 0 Å². The van der Waals surface area contributed by atoms with Crippen LogP contribution in [0.3, 0.4) is 0 Å². The van der Waals surface area contributed by atoms with Crippen molar-refractivity contribution in [2.45, 2.75) is 10.1 Å². The molecule has 1 aromatic carbocycles. The van der Waals surface area contributed by atoms with Crippen molar-refractivity contribution in [1.29, 1.82) is 5.41 Å². The quantitative estimate of drug-likeness (QED) is 0.612. The molecule has 0 fully saturated rings. The smallest absolute Gasteiger partial charge is 0.260 e. The number of amidine groups is 1. The van der Waals surface area contributed by atoms with Crippen LogP contribution in [-0.4, -0.2) is 10.8 Å².